The minimum atomic E-state index is -2.77. The van der Waals surface area contributed by atoms with Gasteiger partial charge in [0, 0.05) is 0 Å². The summed E-state index contributed by atoms with van der Waals surface area (Å²) in [6, 6.07) is 0. The van der Waals surface area contributed by atoms with E-state index in [9.17, 15) is 8.42 Å². The molecule has 0 atom stereocenters. The molecule has 0 unspecified atom stereocenters. The highest BCUT2D eigenvalue weighted by atomic mass is 32.2. The highest BCUT2D eigenvalue weighted by Gasteiger charge is 2.20. The molecule has 0 N–H and O–H groups in total. The van der Waals surface area contributed by atoms with Crippen LogP contribution in [-0.4, -0.2) is 19.9 Å². The summed E-state index contributed by atoms with van der Waals surface area (Å²) in [6.45, 7) is 2.20. The van der Waals surface area contributed by atoms with Gasteiger partial charge in [0.1, 0.15) is 0 Å². The van der Waals surface area contributed by atoms with Gasteiger partial charge in [0.2, 0.25) is 0 Å². The molecule has 0 bridgehead atoms. The second kappa shape index (κ2) is 8.95. The van der Waals surface area contributed by atoms with E-state index < -0.39 is 9.84 Å². The van der Waals surface area contributed by atoms with E-state index in [1.54, 1.807) is 0 Å². The molecule has 0 heterocycles. The molecule has 1 aliphatic carbocycles. The molecule has 2 nitrogen and oxygen atoms in total. The summed E-state index contributed by atoms with van der Waals surface area (Å²) in [4.78, 5) is 0. The SMILES string of the molecule is CCCCCCCCS(=O)(=O)CC1CCCCC1. The van der Waals surface area contributed by atoms with Crippen LogP contribution in [0.5, 0.6) is 0 Å². The predicted molar refractivity (Wildman–Crippen MR) is 78.6 cm³/mol. The molecular formula is C15H30O2S. The van der Waals surface area contributed by atoms with E-state index in [1.807, 2.05) is 0 Å². The van der Waals surface area contributed by atoms with Crippen LogP contribution < -0.4 is 0 Å². The Morgan fingerprint density at radius 3 is 2.17 bits per heavy atom. The number of unbranched alkanes of at least 4 members (excludes halogenated alkanes) is 5. The van der Waals surface area contributed by atoms with Gasteiger partial charge in [-0.05, 0) is 25.2 Å². The Hall–Kier alpha value is -0.0500. The Labute approximate surface area is 113 Å². The molecule has 0 aliphatic heterocycles. The van der Waals surface area contributed by atoms with E-state index in [4.69, 9.17) is 0 Å². The summed E-state index contributed by atoms with van der Waals surface area (Å²) in [5.41, 5.74) is 0. The summed E-state index contributed by atoms with van der Waals surface area (Å²) in [7, 11) is -2.77. The van der Waals surface area contributed by atoms with E-state index in [0.29, 0.717) is 17.4 Å². The van der Waals surface area contributed by atoms with E-state index >= 15 is 0 Å². The Bertz CT molecular complexity index is 290. The summed E-state index contributed by atoms with van der Waals surface area (Å²) >= 11 is 0. The Balaban J connectivity index is 2.11. The van der Waals surface area contributed by atoms with Crippen LogP contribution in [0, 0.1) is 5.92 Å². The third-order valence-electron chi connectivity index (χ3n) is 4.02. The summed E-state index contributed by atoms with van der Waals surface area (Å²) in [5.74, 6) is 1.35. The van der Waals surface area contributed by atoms with Crippen molar-refractivity contribution in [3.8, 4) is 0 Å². The zero-order chi connectivity index (χ0) is 13.3. The zero-order valence-corrected chi connectivity index (χ0v) is 12.8. The topological polar surface area (TPSA) is 34.1 Å². The van der Waals surface area contributed by atoms with E-state index in [1.165, 1.54) is 44.9 Å². The lowest BCUT2D eigenvalue weighted by Crippen LogP contribution is -2.21. The van der Waals surface area contributed by atoms with Gasteiger partial charge in [-0.3, -0.25) is 0 Å². The molecule has 0 aromatic heterocycles. The first kappa shape index (κ1) is 16.0. The van der Waals surface area contributed by atoms with Crippen LogP contribution in [0.2, 0.25) is 0 Å². The summed E-state index contributed by atoms with van der Waals surface area (Å²) in [6.07, 6.45) is 13.0. The molecule has 1 rings (SSSR count). The van der Waals surface area contributed by atoms with E-state index in [2.05, 4.69) is 6.92 Å². The van der Waals surface area contributed by atoms with Gasteiger partial charge in [0.05, 0.1) is 11.5 Å². The molecule has 1 saturated carbocycles. The van der Waals surface area contributed by atoms with Crippen LogP contribution in [0.3, 0.4) is 0 Å². The van der Waals surface area contributed by atoms with Gasteiger partial charge in [0.25, 0.3) is 0 Å². The van der Waals surface area contributed by atoms with Gasteiger partial charge >= 0.3 is 0 Å². The maximum Gasteiger partial charge on any atom is 0.150 e. The van der Waals surface area contributed by atoms with Crippen molar-refractivity contribution in [2.45, 2.75) is 77.6 Å². The van der Waals surface area contributed by atoms with Crippen molar-refractivity contribution in [3.05, 3.63) is 0 Å². The van der Waals surface area contributed by atoms with Crippen molar-refractivity contribution in [1.82, 2.24) is 0 Å². The Kier molecular flexibility index (Phi) is 7.96. The van der Waals surface area contributed by atoms with Gasteiger partial charge in [-0.15, -0.1) is 0 Å². The molecule has 0 amide bonds. The first-order valence-corrected chi connectivity index (χ1v) is 9.66. The van der Waals surface area contributed by atoms with E-state index in [0.717, 1.165) is 25.7 Å². The van der Waals surface area contributed by atoms with Crippen molar-refractivity contribution in [2.75, 3.05) is 11.5 Å². The average molecular weight is 274 g/mol. The second-order valence-corrected chi connectivity index (χ2v) is 8.11. The standard InChI is InChI=1S/C15H30O2S/c1-2-3-4-5-6-10-13-18(16,17)14-15-11-8-7-9-12-15/h15H,2-14H2,1H3. The van der Waals surface area contributed by atoms with Gasteiger partial charge in [0.15, 0.2) is 9.84 Å². The largest absolute Gasteiger partial charge is 0.229 e. The van der Waals surface area contributed by atoms with E-state index in [-0.39, 0.29) is 0 Å². The average Bonchev–Trinajstić information content (AvgIpc) is 2.34. The quantitative estimate of drug-likeness (QED) is 0.586. The monoisotopic (exact) mass is 274 g/mol. The predicted octanol–water partition coefficient (Wildman–Crippen LogP) is 4.34. The Morgan fingerprint density at radius 1 is 0.889 bits per heavy atom. The van der Waals surface area contributed by atoms with Crippen LogP contribution in [-0.2, 0) is 9.84 Å². The minimum absolute atomic E-state index is 0.426. The molecule has 3 heteroatoms. The van der Waals surface area contributed by atoms with Crippen LogP contribution in [0.15, 0.2) is 0 Å². The smallest absolute Gasteiger partial charge is 0.150 e. The van der Waals surface area contributed by atoms with Gasteiger partial charge in [-0.2, -0.15) is 0 Å². The molecule has 1 fully saturated rings. The van der Waals surface area contributed by atoms with Gasteiger partial charge < -0.3 is 0 Å². The number of sulfone groups is 1. The third kappa shape index (κ3) is 7.40. The normalized spacial score (nSPS) is 18.1. The van der Waals surface area contributed by atoms with Crippen molar-refractivity contribution < 1.29 is 8.42 Å². The lowest BCUT2D eigenvalue weighted by Gasteiger charge is -2.21. The molecule has 0 aromatic rings. The fourth-order valence-corrected chi connectivity index (χ4v) is 4.76. The maximum atomic E-state index is 12.0. The number of hydrogen-bond donors (Lipinski definition) is 0. The Morgan fingerprint density at radius 2 is 1.50 bits per heavy atom. The lowest BCUT2D eigenvalue weighted by molar-refractivity contribution is 0.385. The fraction of sp³-hybridized carbons (Fsp3) is 1.00. The second-order valence-electron chi connectivity index (χ2n) is 5.89. The minimum Gasteiger partial charge on any atom is -0.229 e. The first-order valence-electron chi connectivity index (χ1n) is 7.84. The highest BCUT2D eigenvalue weighted by molar-refractivity contribution is 7.91. The first-order chi connectivity index (χ1) is 8.64. The zero-order valence-electron chi connectivity index (χ0n) is 12.0. The van der Waals surface area contributed by atoms with Gasteiger partial charge in [-0.25, -0.2) is 8.42 Å². The van der Waals surface area contributed by atoms with Crippen LogP contribution >= 0.6 is 0 Å². The molecule has 18 heavy (non-hydrogen) atoms. The van der Waals surface area contributed by atoms with Crippen molar-refractivity contribution in [2.24, 2.45) is 5.92 Å². The summed E-state index contributed by atoms with van der Waals surface area (Å²) in [5, 5.41) is 0. The third-order valence-corrected chi connectivity index (χ3v) is 5.91. The molecule has 0 saturated heterocycles. The highest BCUT2D eigenvalue weighted by Crippen LogP contribution is 2.25. The molecular weight excluding hydrogens is 244 g/mol. The molecule has 0 spiro atoms. The molecule has 0 aromatic carbocycles. The number of rotatable bonds is 9. The summed E-state index contributed by atoms with van der Waals surface area (Å²) < 4.78 is 24.0. The van der Waals surface area contributed by atoms with Crippen molar-refractivity contribution >= 4 is 9.84 Å². The fourth-order valence-electron chi connectivity index (χ4n) is 2.90. The molecule has 1 aliphatic rings. The van der Waals surface area contributed by atoms with Crippen molar-refractivity contribution in [1.29, 1.82) is 0 Å². The van der Waals surface area contributed by atoms with Crippen LogP contribution in [0.4, 0.5) is 0 Å². The van der Waals surface area contributed by atoms with Crippen LogP contribution in [0.25, 0.3) is 0 Å². The molecule has 108 valence electrons. The number of hydrogen-bond acceptors (Lipinski definition) is 2. The van der Waals surface area contributed by atoms with Gasteiger partial charge in [-0.1, -0.05) is 58.3 Å². The van der Waals surface area contributed by atoms with Crippen molar-refractivity contribution in [3.63, 3.8) is 0 Å². The lowest BCUT2D eigenvalue weighted by atomic mass is 9.91. The van der Waals surface area contributed by atoms with Crippen LogP contribution in [0.1, 0.15) is 77.6 Å². The maximum absolute atomic E-state index is 12.0. The molecule has 0 radical (unpaired) electrons.